The molecule has 1 aromatic rings. The number of allylic oxidation sites excluding steroid dienone is 1. The van der Waals surface area contributed by atoms with E-state index in [1.165, 1.54) is 44.9 Å². The third kappa shape index (κ3) is 5.48. The molecule has 0 radical (unpaired) electrons. The molecule has 0 saturated heterocycles. The molecule has 0 aromatic heterocycles. The second-order valence-electron chi connectivity index (χ2n) is 10.5. The number of carbonyl (C=O) groups excluding carboxylic acids is 1. The smallest absolute Gasteiger partial charge is 0.314 e. The first-order valence-electron chi connectivity index (χ1n) is 12.7. The Kier molecular flexibility index (Phi) is 7.83. The van der Waals surface area contributed by atoms with Gasteiger partial charge in [0, 0.05) is 0 Å². The number of nitrogens with zero attached hydrogens (tertiary/aromatic N) is 1. The van der Waals surface area contributed by atoms with Gasteiger partial charge in [0.1, 0.15) is 6.07 Å². The third-order valence-electron chi connectivity index (χ3n) is 8.69. The number of nitriles is 1. The second-order valence-corrected chi connectivity index (χ2v) is 10.5. The van der Waals surface area contributed by atoms with Crippen molar-refractivity contribution in [3.05, 3.63) is 42.0 Å². The average Bonchev–Trinajstić information content (AvgIpc) is 2.85. The zero-order valence-electron chi connectivity index (χ0n) is 19.4. The van der Waals surface area contributed by atoms with Gasteiger partial charge in [-0.1, -0.05) is 12.5 Å². The first kappa shape index (κ1) is 23.9. The van der Waals surface area contributed by atoms with Crippen LogP contribution < -0.4 is 4.74 Å². The average molecular weight is 456 g/mol. The first-order valence-corrected chi connectivity index (χ1v) is 12.7. The molecule has 3 aliphatic rings. The van der Waals surface area contributed by atoms with Crippen molar-refractivity contribution in [3.63, 3.8) is 0 Å². The lowest BCUT2D eigenvalue weighted by Crippen LogP contribution is -2.35. The Balaban J connectivity index is 1.25. The Morgan fingerprint density at radius 3 is 2.30 bits per heavy atom. The van der Waals surface area contributed by atoms with E-state index < -0.39 is 28.9 Å². The molecule has 0 heterocycles. The van der Waals surface area contributed by atoms with Gasteiger partial charge in [-0.3, -0.25) is 4.79 Å². The third-order valence-corrected chi connectivity index (χ3v) is 8.69. The van der Waals surface area contributed by atoms with Crippen LogP contribution in [0.1, 0.15) is 82.6 Å². The standard InChI is InChI=1S/C28H35F2NO2/c1-2-3-4-18-5-6-23-16-22(12-11-21(23)15-18)19-7-9-20(10-8-19)28(32)33-25-14-13-24(17-31)26(29)27(25)30/h2,13-14,18-23H,1,3-12,15-16H2. The summed E-state index contributed by atoms with van der Waals surface area (Å²) >= 11 is 0. The molecule has 4 atom stereocenters. The van der Waals surface area contributed by atoms with E-state index in [4.69, 9.17) is 10.00 Å². The highest BCUT2D eigenvalue weighted by molar-refractivity contribution is 5.75. The van der Waals surface area contributed by atoms with Crippen LogP contribution in [0.3, 0.4) is 0 Å². The zero-order chi connectivity index (χ0) is 23.4. The normalized spacial score (nSPS) is 31.8. The topological polar surface area (TPSA) is 50.1 Å². The molecule has 33 heavy (non-hydrogen) atoms. The molecule has 4 unspecified atom stereocenters. The fourth-order valence-corrected chi connectivity index (χ4v) is 6.78. The van der Waals surface area contributed by atoms with Crippen LogP contribution in [0, 0.1) is 58.5 Å². The van der Waals surface area contributed by atoms with Gasteiger partial charge in [0.2, 0.25) is 5.82 Å². The number of hydrogen-bond acceptors (Lipinski definition) is 3. The summed E-state index contributed by atoms with van der Waals surface area (Å²) < 4.78 is 33.1. The van der Waals surface area contributed by atoms with E-state index in [-0.39, 0.29) is 5.92 Å². The molecule has 3 fully saturated rings. The summed E-state index contributed by atoms with van der Waals surface area (Å²) in [6, 6.07) is 3.88. The van der Waals surface area contributed by atoms with Gasteiger partial charge in [-0.2, -0.15) is 9.65 Å². The molecule has 3 nitrogen and oxygen atoms in total. The number of ether oxygens (including phenoxy) is 1. The van der Waals surface area contributed by atoms with E-state index >= 15 is 0 Å². The van der Waals surface area contributed by atoms with Gasteiger partial charge in [0.05, 0.1) is 11.5 Å². The predicted octanol–water partition coefficient (Wildman–Crippen LogP) is 7.35. The van der Waals surface area contributed by atoms with Crippen molar-refractivity contribution in [1.29, 1.82) is 5.26 Å². The minimum atomic E-state index is -1.27. The second kappa shape index (κ2) is 10.8. The highest BCUT2D eigenvalue weighted by atomic mass is 19.2. The van der Waals surface area contributed by atoms with E-state index in [9.17, 15) is 13.6 Å². The lowest BCUT2D eigenvalue weighted by atomic mass is 9.60. The van der Waals surface area contributed by atoms with Gasteiger partial charge in [-0.25, -0.2) is 4.39 Å². The molecule has 3 aliphatic carbocycles. The summed E-state index contributed by atoms with van der Waals surface area (Å²) in [5.41, 5.74) is -0.396. The van der Waals surface area contributed by atoms with E-state index in [0.717, 1.165) is 67.9 Å². The van der Waals surface area contributed by atoms with Gasteiger partial charge in [-0.05, 0) is 112 Å². The van der Waals surface area contributed by atoms with Crippen LogP contribution in [0.4, 0.5) is 8.78 Å². The summed E-state index contributed by atoms with van der Waals surface area (Å²) in [5, 5.41) is 8.79. The molecule has 0 spiro atoms. The quantitative estimate of drug-likeness (QED) is 0.256. The highest BCUT2D eigenvalue weighted by Crippen LogP contribution is 2.49. The summed E-state index contributed by atoms with van der Waals surface area (Å²) in [5.74, 6) is 0.366. The molecule has 5 heteroatoms. The van der Waals surface area contributed by atoms with Gasteiger partial charge < -0.3 is 4.74 Å². The summed E-state index contributed by atoms with van der Waals surface area (Å²) in [4.78, 5) is 12.6. The largest absolute Gasteiger partial charge is 0.423 e. The monoisotopic (exact) mass is 455 g/mol. The van der Waals surface area contributed by atoms with Crippen molar-refractivity contribution in [2.45, 2.75) is 77.0 Å². The van der Waals surface area contributed by atoms with Crippen molar-refractivity contribution in [1.82, 2.24) is 0 Å². The maximum atomic E-state index is 14.1. The first-order chi connectivity index (χ1) is 16.0. The van der Waals surface area contributed by atoms with Crippen LogP contribution in [0.5, 0.6) is 5.75 Å². The number of fused-ring (bicyclic) bond motifs is 1. The molecule has 3 saturated carbocycles. The number of esters is 1. The minimum Gasteiger partial charge on any atom is -0.423 e. The molecule has 4 rings (SSSR count). The van der Waals surface area contributed by atoms with Crippen LogP contribution in [-0.4, -0.2) is 5.97 Å². The summed E-state index contributed by atoms with van der Waals surface area (Å²) in [6.07, 6.45) is 16.1. The number of benzene rings is 1. The van der Waals surface area contributed by atoms with E-state index in [1.807, 2.05) is 6.08 Å². The van der Waals surface area contributed by atoms with Gasteiger partial charge in [0.15, 0.2) is 11.6 Å². The van der Waals surface area contributed by atoms with Gasteiger partial charge in [0.25, 0.3) is 0 Å². The Morgan fingerprint density at radius 2 is 1.61 bits per heavy atom. The van der Waals surface area contributed by atoms with Gasteiger partial charge in [-0.15, -0.1) is 6.58 Å². The number of carbonyl (C=O) groups is 1. The van der Waals surface area contributed by atoms with Crippen LogP contribution >= 0.6 is 0 Å². The minimum absolute atomic E-state index is 0.268. The summed E-state index contributed by atoms with van der Waals surface area (Å²) in [6.45, 7) is 3.87. The predicted molar refractivity (Wildman–Crippen MR) is 123 cm³/mol. The maximum absolute atomic E-state index is 14.1. The van der Waals surface area contributed by atoms with Crippen molar-refractivity contribution < 1.29 is 18.3 Å². The lowest BCUT2D eigenvalue weighted by Gasteiger charge is -2.45. The molecule has 0 bridgehead atoms. The zero-order valence-corrected chi connectivity index (χ0v) is 19.4. The van der Waals surface area contributed by atoms with Crippen LogP contribution in [0.15, 0.2) is 24.8 Å². The molecular formula is C28H35F2NO2. The summed E-state index contributed by atoms with van der Waals surface area (Å²) in [7, 11) is 0. The van der Waals surface area contributed by atoms with E-state index in [2.05, 4.69) is 6.58 Å². The van der Waals surface area contributed by atoms with Crippen molar-refractivity contribution >= 4 is 5.97 Å². The maximum Gasteiger partial charge on any atom is 0.314 e. The Labute approximate surface area is 196 Å². The Bertz CT molecular complexity index is 900. The molecule has 0 amide bonds. The Morgan fingerprint density at radius 1 is 0.970 bits per heavy atom. The van der Waals surface area contributed by atoms with E-state index in [1.54, 1.807) is 6.07 Å². The van der Waals surface area contributed by atoms with Gasteiger partial charge >= 0.3 is 5.97 Å². The number of rotatable bonds is 6. The molecule has 1 aromatic carbocycles. The van der Waals surface area contributed by atoms with Crippen molar-refractivity contribution in [2.24, 2.45) is 35.5 Å². The number of halogens is 2. The molecule has 0 N–H and O–H groups in total. The SMILES string of the molecule is C=CCCC1CCC2CC(C3CCC(C(=O)Oc4ccc(C#N)c(F)c4F)CC3)CCC2C1. The molecule has 0 aliphatic heterocycles. The van der Waals surface area contributed by atoms with Crippen molar-refractivity contribution in [3.8, 4) is 11.8 Å². The number of hydrogen-bond donors (Lipinski definition) is 0. The molecule has 178 valence electrons. The van der Waals surface area contributed by atoms with Crippen LogP contribution in [-0.2, 0) is 4.79 Å². The van der Waals surface area contributed by atoms with Crippen LogP contribution in [0.2, 0.25) is 0 Å². The molecular weight excluding hydrogens is 420 g/mol. The van der Waals surface area contributed by atoms with E-state index in [0.29, 0.717) is 5.92 Å². The fraction of sp³-hybridized carbons (Fsp3) is 0.643. The van der Waals surface area contributed by atoms with Crippen LogP contribution in [0.25, 0.3) is 0 Å². The fourth-order valence-electron chi connectivity index (χ4n) is 6.78. The lowest BCUT2D eigenvalue weighted by molar-refractivity contribution is -0.140. The van der Waals surface area contributed by atoms with Crippen molar-refractivity contribution in [2.75, 3.05) is 0 Å². The highest BCUT2D eigenvalue weighted by Gasteiger charge is 2.39. The Hall–Kier alpha value is -2.22.